The fourth-order valence-electron chi connectivity index (χ4n) is 3.50. The number of esters is 1. The number of carbonyl (C=O) groups is 1. The van der Waals surface area contributed by atoms with Crippen molar-refractivity contribution < 1.29 is 26.6 Å². The molecule has 29 heavy (non-hydrogen) atoms. The molecule has 0 N–H and O–H groups in total. The van der Waals surface area contributed by atoms with Crippen LogP contribution < -0.4 is 4.46 Å². The summed E-state index contributed by atoms with van der Waals surface area (Å²) in [5.74, 6) is -0.722. The van der Waals surface area contributed by atoms with Crippen LogP contribution in [0.2, 0.25) is 5.32 Å². The van der Waals surface area contributed by atoms with Crippen molar-refractivity contribution in [1.82, 2.24) is 0 Å². The number of methoxy groups -OCH3 is 1. The van der Waals surface area contributed by atoms with Gasteiger partial charge in [-0.2, -0.15) is 0 Å². The van der Waals surface area contributed by atoms with Crippen molar-refractivity contribution >= 4 is 28.8 Å². The summed E-state index contributed by atoms with van der Waals surface area (Å²) in [4.78, 5) is 24.2. The van der Waals surface area contributed by atoms with Gasteiger partial charge in [-0.1, -0.05) is 0 Å². The van der Waals surface area contributed by atoms with E-state index >= 15 is 0 Å². The molecular formula is C20H25N2O6Se+. The number of nitro groups is 1. The SMILES string of the molecule is COC(=O)C(CC[Se](=O)(=O)c1ccccc1)(c1ccccc1[N+](=O)[O-])[N+](C)(C)C. The van der Waals surface area contributed by atoms with E-state index in [9.17, 15) is 22.6 Å². The van der Waals surface area contributed by atoms with Gasteiger partial charge in [0.2, 0.25) is 0 Å². The second kappa shape index (κ2) is 8.41. The Kier molecular flexibility index (Phi) is 6.57. The monoisotopic (exact) mass is 469 g/mol. The Morgan fingerprint density at radius 2 is 1.62 bits per heavy atom. The summed E-state index contributed by atoms with van der Waals surface area (Å²) in [5, 5.41) is 11.4. The predicted molar refractivity (Wildman–Crippen MR) is 107 cm³/mol. The van der Waals surface area contributed by atoms with E-state index in [1.807, 2.05) is 0 Å². The molecule has 0 saturated carbocycles. The van der Waals surface area contributed by atoms with E-state index < -0.39 is 29.1 Å². The van der Waals surface area contributed by atoms with Crippen molar-refractivity contribution in [1.29, 1.82) is 0 Å². The summed E-state index contributed by atoms with van der Waals surface area (Å²) in [7, 11) is 6.27. The molecule has 2 rings (SSSR count). The zero-order valence-electron chi connectivity index (χ0n) is 16.9. The summed E-state index contributed by atoms with van der Waals surface area (Å²) in [6, 6.07) is 13.9. The molecular weight excluding hydrogens is 443 g/mol. The second-order valence-corrected chi connectivity index (χ2v) is 11.9. The van der Waals surface area contributed by atoms with Crippen LogP contribution in [0.15, 0.2) is 54.6 Å². The Balaban J connectivity index is 2.66. The van der Waals surface area contributed by atoms with Crippen LogP contribution in [0.25, 0.3) is 0 Å². The Labute approximate surface area is 171 Å². The molecule has 0 saturated heterocycles. The van der Waals surface area contributed by atoms with Crippen molar-refractivity contribution in [2.75, 3.05) is 28.3 Å². The van der Waals surface area contributed by atoms with Crippen LogP contribution in [-0.4, -0.2) is 56.3 Å². The number of nitro benzene ring substituents is 1. The molecule has 0 fully saturated rings. The van der Waals surface area contributed by atoms with Gasteiger partial charge < -0.3 is 0 Å². The molecule has 0 radical (unpaired) electrons. The first-order valence-electron chi connectivity index (χ1n) is 8.89. The van der Waals surface area contributed by atoms with Crippen molar-refractivity contribution in [3.05, 3.63) is 70.3 Å². The zero-order chi connectivity index (χ0) is 21.9. The van der Waals surface area contributed by atoms with Crippen LogP contribution in [0.5, 0.6) is 0 Å². The van der Waals surface area contributed by atoms with Gasteiger partial charge in [0.1, 0.15) is 0 Å². The van der Waals surface area contributed by atoms with E-state index in [1.54, 1.807) is 45.4 Å². The molecule has 0 aromatic heterocycles. The molecule has 0 amide bonds. The van der Waals surface area contributed by atoms with Crippen LogP contribution in [0.4, 0.5) is 5.69 Å². The van der Waals surface area contributed by atoms with E-state index in [-0.39, 0.29) is 31.9 Å². The number of carbonyl (C=O) groups excluding carboxylic acids is 1. The third-order valence-corrected chi connectivity index (χ3v) is 8.68. The summed E-state index contributed by atoms with van der Waals surface area (Å²) < 4.78 is 31.1. The number of quaternary nitrogens is 1. The summed E-state index contributed by atoms with van der Waals surface area (Å²) in [6.45, 7) is 0. The number of nitrogens with zero attached hydrogens (tertiary/aromatic N) is 2. The number of ether oxygens (including phenoxy) is 1. The number of hydrogen-bond acceptors (Lipinski definition) is 6. The molecule has 0 bridgehead atoms. The van der Waals surface area contributed by atoms with Gasteiger partial charge in [-0.15, -0.1) is 0 Å². The first-order chi connectivity index (χ1) is 13.5. The topological polar surface area (TPSA) is 104 Å². The molecule has 1 atom stereocenters. The predicted octanol–water partition coefficient (Wildman–Crippen LogP) is 2.27. The molecule has 9 heteroatoms. The molecule has 1 unspecified atom stereocenters. The quantitative estimate of drug-likeness (QED) is 0.194. The minimum atomic E-state index is -4.60. The third kappa shape index (κ3) is 4.37. The fourth-order valence-corrected chi connectivity index (χ4v) is 6.37. The molecule has 0 aliphatic heterocycles. The van der Waals surface area contributed by atoms with Crippen molar-refractivity contribution in [3.8, 4) is 0 Å². The maximum atomic E-state index is 13.1. The van der Waals surface area contributed by atoms with E-state index in [4.69, 9.17) is 4.74 Å². The van der Waals surface area contributed by atoms with Gasteiger partial charge in [0.15, 0.2) is 0 Å². The first kappa shape index (κ1) is 22.7. The van der Waals surface area contributed by atoms with E-state index in [1.165, 1.54) is 37.4 Å². The first-order valence-corrected chi connectivity index (χ1v) is 12.4. The van der Waals surface area contributed by atoms with Crippen molar-refractivity contribution in [2.45, 2.75) is 17.3 Å². The second-order valence-electron chi connectivity index (χ2n) is 7.52. The Bertz CT molecular complexity index is 999. The molecule has 2 aromatic rings. The number of para-hydroxylation sites is 1. The van der Waals surface area contributed by atoms with E-state index in [0.29, 0.717) is 0 Å². The molecule has 8 nitrogen and oxygen atoms in total. The molecule has 0 aliphatic carbocycles. The molecule has 0 aliphatic rings. The van der Waals surface area contributed by atoms with E-state index in [2.05, 4.69) is 0 Å². The maximum absolute atomic E-state index is 13.1. The van der Waals surface area contributed by atoms with E-state index in [0.717, 1.165) is 0 Å². The summed E-state index contributed by atoms with van der Waals surface area (Å²) in [6.07, 6.45) is -0.157. The van der Waals surface area contributed by atoms with Gasteiger partial charge in [0.25, 0.3) is 0 Å². The number of rotatable bonds is 8. The Morgan fingerprint density at radius 3 is 2.14 bits per heavy atom. The Morgan fingerprint density at radius 1 is 1.07 bits per heavy atom. The molecule has 156 valence electrons. The van der Waals surface area contributed by atoms with Gasteiger partial charge in [0.05, 0.1) is 0 Å². The zero-order valence-corrected chi connectivity index (χ0v) is 18.6. The molecule has 0 spiro atoms. The Hall–Kier alpha value is -2.61. The van der Waals surface area contributed by atoms with Gasteiger partial charge in [-0.3, -0.25) is 0 Å². The molecule has 2 aromatic carbocycles. The normalized spacial score (nSPS) is 14.1. The standard InChI is InChI=1S/C20H25N2O6Se/c1-22(2,3)20(19(23)28-4,17-12-8-9-13-18(17)21(24)25)14-15-29(26,27)16-10-6-5-7-11-16/h5-13H,14-15H2,1-4H3/q+1. The number of hydrogen-bond donors (Lipinski definition) is 0. The van der Waals surface area contributed by atoms with Crippen LogP contribution in [0.3, 0.4) is 0 Å². The summed E-state index contributed by atoms with van der Waals surface area (Å²) in [5.41, 5.74) is -1.70. The minimum absolute atomic E-state index is 0.0768. The van der Waals surface area contributed by atoms with Crippen LogP contribution >= 0.6 is 0 Å². The van der Waals surface area contributed by atoms with Crippen molar-refractivity contribution in [2.24, 2.45) is 0 Å². The average Bonchev–Trinajstić information content (AvgIpc) is 2.68. The van der Waals surface area contributed by atoms with Crippen molar-refractivity contribution in [3.63, 3.8) is 0 Å². The third-order valence-electron chi connectivity index (χ3n) is 5.05. The van der Waals surface area contributed by atoms with Gasteiger partial charge in [-0.25, -0.2) is 0 Å². The van der Waals surface area contributed by atoms with Crippen LogP contribution in [-0.2, 0) is 22.7 Å². The van der Waals surface area contributed by atoms with Crippen LogP contribution in [0, 0.1) is 10.1 Å². The number of benzene rings is 2. The fraction of sp³-hybridized carbons (Fsp3) is 0.350. The van der Waals surface area contributed by atoms with Gasteiger partial charge in [0, 0.05) is 0 Å². The average molecular weight is 468 g/mol. The van der Waals surface area contributed by atoms with Crippen LogP contribution in [0.1, 0.15) is 12.0 Å². The van der Waals surface area contributed by atoms with Gasteiger partial charge >= 0.3 is 171 Å². The number of likely N-dealkylation sites (N-methyl/N-ethyl adjacent to an activating group) is 1. The van der Waals surface area contributed by atoms with Gasteiger partial charge in [-0.05, 0) is 0 Å². The molecule has 0 heterocycles. The summed E-state index contributed by atoms with van der Waals surface area (Å²) >= 11 is -4.60.